The fourth-order valence-electron chi connectivity index (χ4n) is 1.54. The van der Waals surface area contributed by atoms with Crippen molar-refractivity contribution in [3.05, 3.63) is 23.4 Å². The molecular weight excluding hydrogens is 246 g/mol. The monoisotopic (exact) mass is 265 g/mol. The van der Waals surface area contributed by atoms with E-state index in [1.54, 1.807) is 13.0 Å². The summed E-state index contributed by atoms with van der Waals surface area (Å²) in [7, 11) is 0. The van der Waals surface area contributed by atoms with Crippen molar-refractivity contribution in [1.82, 2.24) is 10.3 Å². The Bertz CT molecular complexity index is 460. The first kappa shape index (κ1) is 14.9. The summed E-state index contributed by atoms with van der Waals surface area (Å²) >= 11 is 0. The highest BCUT2D eigenvalue weighted by Gasteiger charge is 2.08. The highest BCUT2D eigenvalue weighted by molar-refractivity contribution is 5.89. The lowest BCUT2D eigenvalue weighted by molar-refractivity contribution is -0.120. The van der Waals surface area contributed by atoms with Crippen molar-refractivity contribution < 1.29 is 14.7 Å². The van der Waals surface area contributed by atoms with Gasteiger partial charge in [-0.3, -0.25) is 4.79 Å². The Balaban J connectivity index is 2.44. The Hall–Kier alpha value is -2.11. The van der Waals surface area contributed by atoms with E-state index in [9.17, 15) is 9.59 Å². The number of anilines is 1. The quantitative estimate of drug-likeness (QED) is 0.693. The number of carboxylic acid groups (broad SMARTS) is 1. The number of nitrogens with one attached hydrogen (secondary N) is 2. The molecule has 1 aromatic rings. The molecule has 6 nitrogen and oxygen atoms in total. The van der Waals surface area contributed by atoms with Gasteiger partial charge in [-0.1, -0.05) is 6.92 Å². The number of hydrogen-bond acceptors (Lipinski definition) is 4. The number of rotatable bonds is 7. The van der Waals surface area contributed by atoms with E-state index in [-0.39, 0.29) is 11.5 Å². The van der Waals surface area contributed by atoms with Crippen molar-refractivity contribution in [3.8, 4) is 0 Å². The number of amides is 1. The van der Waals surface area contributed by atoms with Gasteiger partial charge in [0.1, 0.15) is 5.82 Å². The van der Waals surface area contributed by atoms with E-state index in [1.807, 2.05) is 6.92 Å². The van der Waals surface area contributed by atoms with Gasteiger partial charge in [-0.25, -0.2) is 9.78 Å². The molecule has 0 aliphatic carbocycles. The lowest BCUT2D eigenvalue weighted by Gasteiger charge is -2.08. The van der Waals surface area contributed by atoms with Crippen LogP contribution in [0.2, 0.25) is 0 Å². The van der Waals surface area contributed by atoms with E-state index >= 15 is 0 Å². The molecule has 6 heteroatoms. The number of hydrogen-bond donors (Lipinski definition) is 3. The molecule has 0 saturated carbocycles. The fraction of sp³-hybridized carbons (Fsp3) is 0.462. The number of aromatic carboxylic acids is 1. The summed E-state index contributed by atoms with van der Waals surface area (Å²) in [5.41, 5.74) is 0.638. The Kier molecular flexibility index (Phi) is 5.78. The maximum absolute atomic E-state index is 11.4. The first-order valence-electron chi connectivity index (χ1n) is 6.26. The number of carbonyl (C=O) groups excluding carboxylic acids is 1. The van der Waals surface area contributed by atoms with Gasteiger partial charge >= 0.3 is 5.97 Å². The second-order valence-corrected chi connectivity index (χ2v) is 4.16. The summed E-state index contributed by atoms with van der Waals surface area (Å²) in [5.74, 6) is -0.422. The molecule has 0 atom stereocenters. The van der Waals surface area contributed by atoms with Gasteiger partial charge in [-0.2, -0.15) is 0 Å². The number of aryl methyl sites for hydroxylation is 1. The van der Waals surface area contributed by atoms with Crippen LogP contribution >= 0.6 is 0 Å². The predicted octanol–water partition coefficient (Wildman–Crippen LogP) is 1.42. The van der Waals surface area contributed by atoms with Gasteiger partial charge in [0.05, 0.1) is 11.3 Å². The molecule has 0 fully saturated rings. The van der Waals surface area contributed by atoms with Gasteiger partial charge < -0.3 is 15.7 Å². The summed E-state index contributed by atoms with van der Waals surface area (Å²) in [6.45, 7) is 4.79. The molecule has 3 N–H and O–H groups in total. The Morgan fingerprint density at radius 3 is 2.63 bits per heavy atom. The van der Waals surface area contributed by atoms with Crippen LogP contribution < -0.4 is 10.6 Å². The highest BCUT2D eigenvalue weighted by atomic mass is 16.4. The SMILES string of the molecule is CCCNC(=O)CCNc1ccc(C(=O)O)c(C)n1. The molecular formula is C13H19N3O3. The summed E-state index contributed by atoms with van der Waals surface area (Å²) in [4.78, 5) is 26.3. The summed E-state index contributed by atoms with van der Waals surface area (Å²) in [6, 6.07) is 3.10. The lowest BCUT2D eigenvalue weighted by Crippen LogP contribution is -2.26. The van der Waals surface area contributed by atoms with E-state index < -0.39 is 5.97 Å². The van der Waals surface area contributed by atoms with Crippen LogP contribution in [0, 0.1) is 6.92 Å². The van der Waals surface area contributed by atoms with Crippen molar-refractivity contribution in [2.45, 2.75) is 26.7 Å². The first-order chi connectivity index (χ1) is 9.04. The van der Waals surface area contributed by atoms with Crippen LogP contribution in [0.25, 0.3) is 0 Å². The molecule has 0 aliphatic rings. The molecule has 0 radical (unpaired) electrons. The maximum Gasteiger partial charge on any atom is 0.337 e. The molecule has 0 aliphatic heterocycles. The molecule has 0 aromatic carbocycles. The number of nitrogens with zero attached hydrogens (tertiary/aromatic N) is 1. The average Bonchev–Trinajstić information content (AvgIpc) is 2.36. The second-order valence-electron chi connectivity index (χ2n) is 4.16. The minimum atomic E-state index is -0.990. The second kappa shape index (κ2) is 7.35. The van der Waals surface area contributed by atoms with Crippen molar-refractivity contribution in [2.24, 2.45) is 0 Å². The summed E-state index contributed by atoms with van der Waals surface area (Å²) < 4.78 is 0. The Morgan fingerprint density at radius 2 is 2.05 bits per heavy atom. The van der Waals surface area contributed by atoms with Crippen molar-refractivity contribution in [1.29, 1.82) is 0 Å². The molecule has 19 heavy (non-hydrogen) atoms. The molecule has 0 spiro atoms. The maximum atomic E-state index is 11.4. The zero-order valence-corrected chi connectivity index (χ0v) is 11.2. The van der Waals surface area contributed by atoms with Crippen LogP contribution in [0.3, 0.4) is 0 Å². The largest absolute Gasteiger partial charge is 0.478 e. The number of carboxylic acids is 1. The zero-order valence-electron chi connectivity index (χ0n) is 11.2. The topological polar surface area (TPSA) is 91.3 Å². The van der Waals surface area contributed by atoms with Gasteiger partial charge in [0, 0.05) is 19.5 Å². The third-order valence-electron chi connectivity index (χ3n) is 2.55. The van der Waals surface area contributed by atoms with Crippen LogP contribution in [0.4, 0.5) is 5.82 Å². The fourth-order valence-corrected chi connectivity index (χ4v) is 1.54. The summed E-state index contributed by atoms with van der Waals surface area (Å²) in [5, 5.41) is 14.6. The Labute approximate surface area is 112 Å². The predicted molar refractivity (Wildman–Crippen MR) is 72.3 cm³/mol. The third-order valence-corrected chi connectivity index (χ3v) is 2.55. The van der Waals surface area contributed by atoms with E-state index in [2.05, 4.69) is 15.6 Å². The Morgan fingerprint density at radius 1 is 1.32 bits per heavy atom. The van der Waals surface area contributed by atoms with Crippen LogP contribution in [0.1, 0.15) is 35.8 Å². The minimum Gasteiger partial charge on any atom is -0.478 e. The average molecular weight is 265 g/mol. The third kappa shape index (κ3) is 4.95. The van der Waals surface area contributed by atoms with Crippen LogP contribution in [-0.2, 0) is 4.79 Å². The molecule has 0 saturated heterocycles. The smallest absolute Gasteiger partial charge is 0.337 e. The molecule has 1 aromatic heterocycles. The molecule has 1 amide bonds. The van der Waals surface area contributed by atoms with Crippen LogP contribution in [-0.4, -0.2) is 35.1 Å². The first-order valence-corrected chi connectivity index (χ1v) is 6.26. The number of carbonyl (C=O) groups is 2. The van der Waals surface area contributed by atoms with Gasteiger partial charge in [0.15, 0.2) is 0 Å². The van der Waals surface area contributed by atoms with Crippen LogP contribution in [0.15, 0.2) is 12.1 Å². The molecule has 1 rings (SSSR count). The van der Waals surface area contributed by atoms with Gasteiger partial charge in [0.25, 0.3) is 0 Å². The number of aromatic nitrogens is 1. The van der Waals surface area contributed by atoms with Crippen molar-refractivity contribution in [2.75, 3.05) is 18.4 Å². The minimum absolute atomic E-state index is 0.00627. The molecule has 0 unspecified atom stereocenters. The molecule has 104 valence electrons. The van der Waals surface area contributed by atoms with Gasteiger partial charge in [-0.15, -0.1) is 0 Å². The highest BCUT2D eigenvalue weighted by Crippen LogP contribution is 2.10. The van der Waals surface area contributed by atoms with Gasteiger partial charge in [0.2, 0.25) is 5.91 Å². The normalized spacial score (nSPS) is 10.0. The summed E-state index contributed by atoms with van der Waals surface area (Å²) in [6.07, 6.45) is 1.28. The lowest BCUT2D eigenvalue weighted by atomic mass is 10.2. The van der Waals surface area contributed by atoms with E-state index in [1.165, 1.54) is 6.07 Å². The van der Waals surface area contributed by atoms with Gasteiger partial charge in [-0.05, 0) is 25.5 Å². The van der Waals surface area contributed by atoms with E-state index in [0.29, 0.717) is 31.0 Å². The van der Waals surface area contributed by atoms with E-state index in [0.717, 1.165) is 6.42 Å². The van der Waals surface area contributed by atoms with Crippen LogP contribution in [0.5, 0.6) is 0 Å². The molecule has 1 heterocycles. The molecule has 0 bridgehead atoms. The van der Waals surface area contributed by atoms with E-state index in [4.69, 9.17) is 5.11 Å². The standard InChI is InChI=1S/C13H19N3O3/c1-3-7-15-12(17)6-8-14-11-5-4-10(13(18)19)9(2)16-11/h4-5H,3,6-8H2,1-2H3,(H,14,16)(H,15,17)(H,18,19). The van der Waals surface area contributed by atoms with Crippen molar-refractivity contribution in [3.63, 3.8) is 0 Å². The number of pyridine rings is 1. The van der Waals surface area contributed by atoms with Crippen molar-refractivity contribution >= 4 is 17.7 Å². The zero-order chi connectivity index (χ0) is 14.3.